The molecule has 3 heterocycles. The number of benzene rings is 1. The smallest absolute Gasteiger partial charge is 0.416 e. The summed E-state index contributed by atoms with van der Waals surface area (Å²) in [5, 5.41) is -0.0242. The summed E-state index contributed by atoms with van der Waals surface area (Å²) < 4.78 is 59.4. The molecule has 0 amide bonds. The second-order valence-electron chi connectivity index (χ2n) is 13.6. The van der Waals surface area contributed by atoms with E-state index in [1.165, 1.54) is 12.1 Å². The van der Waals surface area contributed by atoms with Gasteiger partial charge in [-0.1, -0.05) is 46.8 Å². The molecule has 1 unspecified atom stereocenters. The fourth-order valence-corrected chi connectivity index (χ4v) is 7.24. The lowest BCUT2D eigenvalue weighted by Gasteiger charge is -2.45. The highest BCUT2D eigenvalue weighted by atomic mass is 28.4. The molecule has 1 aromatic heterocycles. The number of aromatic nitrogens is 1. The van der Waals surface area contributed by atoms with Crippen molar-refractivity contribution in [2.75, 3.05) is 6.61 Å². The third-order valence-electron chi connectivity index (χ3n) is 9.02. The van der Waals surface area contributed by atoms with Crippen molar-refractivity contribution < 1.29 is 31.9 Å². The molecule has 0 N–H and O–H groups in total. The van der Waals surface area contributed by atoms with E-state index in [0.717, 1.165) is 41.7 Å². The summed E-state index contributed by atoms with van der Waals surface area (Å²) in [7, 11) is -2.23. The van der Waals surface area contributed by atoms with Crippen LogP contribution in [0.5, 0.6) is 0 Å². The van der Waals surface area contributed by atoms with Gasteiger partial charge in [0.25, 0.3) is 0 Å². The topological polar surface area (TPSA) is 57.7 Å². The summed E-state index contributed by atoms with van der Waals surface area (Å²) in [6, 6.07) is 4.98. The maximum atomic E-state index is 13.3. The lowest BCUT2D eigenvalue weighted by Crippen LogP contribution is -2.44. The number of fused-ring (bicyclic) bond motifs is 4. The molecule has 40 heavy (non-hydrogen) atoms. The second kappa shape index (κ2) is 9.53. The molecule has 3 aliphatic rings. The Bertz CT molecular complexity index is 1340. The third-order valence-corrected chi connectivity index (χ3v) is 13.5. The first-order valence-electron chi connectivity index (χ1n) is 13.8. The SMILES string of the molecule is CC1(C)Cc2nc(C=O)c3c(c2[C@@H](O[Si](C)(C)C(C)(C)C)C1)C1(C=COCC1)O[C@@H]3c1ccc(C(F)(F)F)cc1. The van der Waals surface area contributed by atoms with Crippen molar-refractivity contribution in [3.05, 3.63) is 75.8 Å². The Morgan fingerprint density at radius 2 is 1.77 bits per heavy atom. The molecule has 0 radical (unpaired) electrons. The number of aldehydes is 1. The van der Waals surface area contributed by atoms with Crippen molar-refractivity contribution in [3.63, 3.8) is 0 Å². The first kappa shape index (κ1) is 29.0. The number of ether oxygens (including phenoxy) is 2. The summed E-state index contributed by atoms with van der Waals surface area (Å²) in [6.45, 7) is 15.9. The lowest BCUT2D eigenvalue weighted by atomic mass is 9.70. The molecule has 1 aliphatic carbocycles. The number of nitrogens with zero attached hydrogens (tertiary/aromatic N) is 1. The maximum Gasteiger partial charge on any atom is 0.416 e. The standard InChI is InChI=1S/C31H38F3NO4Si/c1-28(2,3)40(6,7)39-23-17-29(4,5)16-21-24(23)26-25(22(18-36)35-21)27(38-30(26)12-14-37-15-13-30)19-8-10-20(11-9-19)31(32,33)34/h8-12,14,18,23,27H,13,15-17H2,1-7H3/t23-,27+,30?/m0/s1. The fraction of sp³-hybridized carbons (Fsp3) is 0.548. The van der Waals surface area contributed by atoms with E-state index in [9.17, 15) is 18.0 Å². The van der Waals surface area contributed by atoms with Gasteiger partial charge in [-0.05, 0) is 60.2 Å². The van der Waals surface area contributed by atoms with Gasteiger partial charge in [0.15, 0.2) is 14.6 Å². The molecule has 0 fully saturated rings. The quantitative estimate of drug-likeness (QED) is 0.273. The van der Waals surface area contributed by atoms with Crippen LogP contribution in [0.3, 0.4) is 0 Å². The first-order chi connectivity index (χ1) is 18.5. The summed E-state index contributed by atoms with van der Waals surface area (Å²) in [5.41, 5.74) is 2.32. The van der Waals surface area contributed by atoms with Gasteiger partial charge in [0.1, 0.15) is 17.4 Å². The van der Waals surface area contributed by atoms with Crippen molar-refractivity contribution >= 4 is 14.6 Å². The van der Waals surface area contributed by atoms with E-state index in [1.807, 2.05) is 6.08 Å². The van der Waals surface area contributed by atoms with Gasteiger partial charge >= 0.3 is 6.18 Å². The Hall–Kier alpha value is -2.49. The zero-order valence-corrected chi connectivity index (χ0v) is 25.2. The van der Waals surface area contributed by atoms with Gasteiger partial charge in [-0.3, -0.25) is 4.79 Å². The molecule has 0 saturated heterocycles. The fourth-order valence-electron chi connectivity index (χ4n) is 5.97. The van der Waals surface area contributed by atoms with Crippen LogP contribution < -0.4 is 0 Å². The summed E-state index contributed by atoms with van der Waals surface area (Å²) in [6.07, 6.45) is 0.714. The average Bonchev–Trinajstić information content (AvgIpc) is 3.16. The Morgan fingerprint density at radius 1 is 1.10 bits per heavy atom. The van der Waals surface area contributed by atoms with Crippen LogP contribution >= 0.6 is 0 Å². The number of alkyl halides is 3. The number of hydrogen-bond acceptors (Lipinski definition) is 5. The van der Waals surface area contributed by atoms with Gasteiger partial charge in [-0.2, -0.15) is 13.2 Å². The van der Waals surface area contributed by atoms with Crippen LogP contribution in [0.2, 0.25) is 18.1 Å². The molecule has 0 saturated carbocycles. The van der Waals surface area contributed by atoms with E-state index in [-0.39, 0.29) is 22.3 Å². The molecule has 9 heteroatoms. The van der Waals surface area contributed by atoms with Gasteiger partial charge < -0.3 is 13.9 Å². The van der Waals surface area contributed by atoms with Crippen LogP contribution in [0.4, 0.5) is 13.2 Å². The number of pyridine rings is 1. The zero-order valence-electron chi connectivity index (χ0n) is 24.2. The highest BCUT2D eigenvalue weighted by molar-refractivity contribution is 6.74. The zero-order chi connectivity index (χ0) is 29.3. The minimum atomic E-state index is -4.45. The van der Waals surface area contributed by atoms with Crippen molar-refractivity contribution in [3.8, 4) is 0 Å². The van der Waals surface area contributed by atoms with Crippen LogP contribution in [0.1, 0.15) is 104 Å². The Morgan fingerprint density at radius 3 is 2.33 bits per heavy atom. The van der Waals surface area contributed by atoms with Crippen LogP contribution in [-0.2, 0) is 32.1 Å². The number of rotatable bonds is 4. The summed E-state index contributed by atoms with van der Waals surface area (Å²) in [5.74, 6) is 0. The van der Waals surface area contributed by atoms with E-state index in [0.29, 0.717) is 30.6 Å². The van der Waals surface area contributed by atoms with E-state index in [1.54, 1.807) is 6.26 Å². The Balaban J connectivity index is 1.75. The van der Waals surface area contributed by atoms with Crippen molar-refractivity contribution in [1.82, 2.24) is 4.98 Å². The number of carbonyl (C=O) groups is 1. The monoisotopic (exact) mass is 573 g/mol. The first-order valence-corrected chi connectivity index (χ1v) is 16.7. The predicted molar refractivity (Wildman–Crippen MR) is 149 cm³/mol. The van der Waals surface area contributed by atoms with Gasteiger partial charge in [0, 0.05) is 28.8 Å². The van der Waals surface area contributed by atoms with Gasteiger partial charge in [-0.15, -0.1) is 0 Å². The minimum Gasteiger partial charge on any atom is -0.501 e. The van der Waals surface area contributed by atoms with Crippen LogP contribution in [0.15, 0.2) is 36.6 Å². The third kappa shape index (κ3) is 4.94. The van der Waals surface area contributed by atoms with Gasteiger partial charge in [0.05, 0.1) is 24.5 Å². The molecule has 1 spiro atoms. The van der Waals surface area contributed by atoms with Gasteiger partial charge in [-0.25, -0.2) is 4.98 Å². The van der Waals surface area contributed by atoms with E-state index < -0.39 is 31.8 Å². The van der Waals surface area contributed by atoms with Crippen molar-refractivity contribution in [2.45, 2.75) is 96.0 Å². The molecule has 5 rings (SSSR count). The van der Waals surface area contributed by atoms with Crippen LogP contribution in [-0.4, -0.2) is 26.2 Å². The normalized spacial score (nSPS) is 25.9. The molecule has 3 atom stereocenters. The highest BCUT2D eigenvalue weighted by Crippen LogP contribution is 2.57. The summed E-state index contributed by atoms with van der Waals surface area (Å²) >= 11 is 0. The molecule has 2 aromatic rings. The summed E-state index contributed by atoms with van der Waals surface area (Å²) in [4.78, 5) is 17.5. The molecule has 2 aliphatic heterocycles. The van der Waals surface area contributed by atoms with Crippen molar-refractivity contribution in [2.24, 2.45) is 5.41 Å². The van der Waals surface area contributed by atoms with Gasteiger partial charge in [0.2, 0.25) is 0 Å². The molecular formula is C31H38F3NO4Si. The van der Waals surface area contributed by atoms with E-state index >= 15 is 0 Å². The minimum absolute atomic E-state index is 0.0242. The number of halogens is 3. The maximum absolute atomic E-state index is 13.3. The van der Waals surface area contributed by atoms with Crippen LogP contribution in [0.25, 0.3) is 0 Å². The predicted octanol–water partition coefficient (Wildman–Crippen LogP) is 8.20. The molecule has 0 bridgehead atoms. The molecular weight excluding hydrogens is 535 g/mol. The van der Waals surface area contributed by atoms with E-state index in [2.05, 4.69) is 47.7 Å². The second-order valence-corrected chi connectivity index (χ2v) is 18.4. The van der Waals surface area contributed by atoms with Crippen molar-refractivity contribution in [1.29, 1.82) is 0 Å². The Labute approximate surface area is 235 Å². The Kier molecular flexibility index (Phi) is 6.91. The van der Waals surface area contributed by atoms with Crippen LogP contribution in [0, 0.1) is 5.41 Å². The van der Waals surface area contributed by atoms with E-state index in [4.69, 9.17) is 18.9 Å². The number of hydrogen-bond donors (Lipinski definition) is 0. The largest absolute Gasteiger partial charge is 0.501 e. The highest BCUT2D eigenvalue weighted by Gasteiger charge is 2.53. The lowest BCUT2D eigenvalue weighted by molar-refractivity contribution is -0.137. The molecule has 1 aromatic carbocycles. The molecule has 216 valence electrons. The molecule has 5 nitrogen and oxygen atoms in total. The average molecular weight is 574 g/mol. The number of carbonyl (C=O) groups excluding carboxylic acids is 1.